The number of ether oxygens (including phenoxy) is 1. The minimum Gasteiger partial charge on any atom is -0.379 e. The van der Waals surface area contributed by atoms with Crippen LogP contribution in [-0.4, -0.2) is 35.0 Å². The summed E-state index contributed by atoms with van der Waals surface area (Å²) >= 11 is 2.33. The van der Waals surface area contributed by atoms with E-state index in [1.807, 2.05) is 0 Å². The fourth-order valence-corrected chi connectivity index (χ4v) is 2.82. The van der Waals surface area contributed by atoms with E-state index in [0.29, 0.717) is 5.92 Å². The third kappa shape index (κ3) is 0.975. The Labute approximate surface area is 74.4 Å². The van der Waals surface area contributed by atoms with Crippen LogP contribution in [0.25, 0.3) is 0 Å². The van der Waals surface area contributed by atoms with Gasteiger partial charge in [0.25, 0.3) is 0 Å². The van der Waals surface area contributed by atoms with Gasteiger partial charge in [-0.1, -0.05) is 0 Å². The van der Waals surface area contributed by atoms with Crippen LogP contribution in [0.2, 0.25) is 0 Å². The Balaban J connectivity index is 2.15. The minimum absolute atomic E-state index is 0.0266. The molecular weight excluding hydrogens is 243 g/mol. The summed E-state index contributed by atoms with van der Waals surface area (Å²) in [6, 6.07) is 0. The summed E-state index contributed by atoms with van der Waals surface area (Å²) in [5, 5.41) is 0. The zero-order valence-electron chi connectivity index (χ0n) is 5.72. The van der Waals surface area contributed by atoms with Gasteiger partial charge in [0.15, 0.2) is 0 Å². The molecule has 2 rings (SSSR count). The van der Waals surface area contributed by atoms with Crippen LogP contribution in [0, 0.1) is 5.92 Å². The minimum atomic E-state index is -0.0266. The first-order valence-corrected chi connectivity index (χ1v) is 4.44. The average molecular weight is 254 g/mol. The molecular formula is C6H11IN2O. The Bertz CT molecular complexity index is 155. The molecule has 4 heteroatoms. The molecule has 2 heterocycles. The predicted molar refractivity (Wildman–Crippen MR) is 46.8 cm³/mol. The van der Waals surface area contributed by atoms with E-state index in [0.717, 1.165) is 26.3 Å². The quantitative estimate of drug-likeness (QED) is 0.488. The third-order valence-corrected chi connectivity index (χ3v) is 3.12. The van der Waals surface area contributed by atoms with Gasteiger partial charge in [0.1, 0.15) is 0 Å². The predicted octanol–water partition coefficient (Wildman–Crippen LogP) is -0.00410. The lowest BCUT2D eigenvalue weighted by atomic mass is 9.92. The van der Waals surface area contributed by atoms with Crippen LogP contribution >= 0.6 is 22.9 Å². The molecule has 2 saturated heterocycles. The highest BCUT2D eigenvalue weighted by Gasteiger charge is 2.47. The number of rotatable bonds is 0. The van der Waals surface area contributed by atoms with Gasteiger partial charge < -0.3 is 10.5 Å². The number of nitrogens with zero attached hydrogens (tertiary/aromatic N) is 1. The summed E-state index contributed by atoms with van der Waals surface area (Å²) in [6.45, 7) is 3.68. The molecule has 0 aliphatic carbocycles. The zero-order valence-corrected chi connectivity index (χ0v) is 7.87. The van der Waals surface area contributed by atoms with Crippen molar-refractivity contribution in [3.8, 4) is 0 Å². The molecule has 0 saturated carbocycles. The van der Waals surface area contributed by atoms with Gasteiger partial charge in [0, 0.05) is 41.9 Å². The van der Waals surface area contributed by atoms with Crippen LogP contribution in [-0.2, 0) is 4.74 Å². The molecule has 0 aromatic rings. The number of fused-ring (bicyclic) bond motifs is 1. The van der Waals surface area contributed by atoms with Gasteiger partial charge >= 0.3 is 0 Å². The molecule has 0 aromatic carbocycles. The third-order valence-electron chi connectivity index (χ3n) is 2.39. The maximum Gasteiger partial charge on any atom is 0.0663 e. The number of hydrogen-bond donors (Lipinski definition) is 1. The lowest BCUT2D eigenvalue weighted by Gasteiger charge is -2.19. The zero-order chi connectivity index (χ0) is 7.19. The van der Waals surface area contributed by atoms with Crippen molar-refractivity contribution < 1.29 is 4.74 Å². The SMILES string of the molecule is NC12COCC1CN(I)C2. The molecule has 10 heavy (non-hydrogen) atoms. The Morgan fingerprint density at radius 3 is 3.20 bits per heavy atom. The van der Waals surface area contributed by atoms with E-state index >= 15 is 0 Å². The number of nitrogens with two attached hydrogens (primary N) is 1. The smallest absolute Gasteiger partial charge is 0.0663 e. The molecule has 0 amide bonds. The van der Waals surface area contributed by atoms with E-state index in [1.54, 1.807) is 0 Å². The molecule has 2 N–H and O–H groups in total. The topological polar surface area (TPSA) is 38.5 Å². The Morgan fingerprint density at radius 1 is 1.70 bits per heavy atom. The lowest BCUT2D eigenvalue weighted by Crippen LogP contribution is -2.47. The number of hydrogen-bond acceptors (Lipinski definition) is 3. The molecule has 58 valence electrons. The summed E-state index contributed by atoms with van der Waals surface area (Å²) in [7, 11) is 0. The van der Waals surface area contributed by atoms with E-state index in [1.165, 1.54) is 0 Å². The maximum absolute atomic E-state index is 6.08. The monoisotopic (exact) mass is 254 g/mol. The van der Waals surface area contributed by atoms with Gasteiger partial charge in [-0.15, -0.1) is 0 Å². The van der Waals surface area contributed by atoms with Crippen LogP contribution in [0.15, 0.2) is 0 Å². The maximum atomic E-state index is 6.08. The Kier molecular flexibility index (Phi) is 1.67. The van der Waals surface area contributed by atoms with Crippen LogP contribution in [0.3, 0.4) is 0 Å². The van der Waals surface area contributed by atoms with Crippen LogP contribution in [0.5, 0.6) is 0 Å². The van der Waals surface area contributed by atoms with Crippen molar-refractivity contribution in [3.05, 3.63) is 0 Å². The molecule has 0 bridgehead atoms. The van der Waals surface area contributed by atoms with Gasteiger partial charge in [-0.2, -0.15) is 0 Å². The molecule has 0 spiro atoms. The van der Waals surface area contributed by atoms with E-state index in [2.05, 4.69) is 26.0 Å². The summed E-state index contributed by atoms with van der Waals surface area (Å²) < 4.78 is 7.56. The molecule has 2 aliphatic rings. The van der Waals surface area contributed by atoms with Gasteiger partial charge in [-0.05, 0) is 0 Å². The lowest BCUT2D eigenvalue weighted by molar-refractivity contribution is 0.165. The van der Waals surface area contributed by atoms with Gasteiger partial charge in [0.05, 0.1) is 18.8 Å². The van der Waals surface area contributed by atoms with E-state index < -0.39 is 0 Å². The highest BCUT2D eigenvalue weighted by atomic mass is 127. The van der Waals surface area contributed by atoms with Gasteiger partial charge in [-0.3, -0.25) is 0 Å². The Hall–Kier alpha value is 0.610. The number of halogens is 1. The molecule has 2 atom stereocenters. The largest absolute Gasteiger partial charge is 0.379 e. The molecule has 2 fully saturated rings. The molecule has 3 nitrogen and oxygen atoms in total. The average Bonchev–Trinajstić information content (AvgIpc) is 2.20. The van der Waals surface area contributed by atoms with Crippen molar-refractivity contribution in [1.29, 1.82) is 0 Å². The van der Waals surface area contributed by atoms with E-state index in [-0.39, 0.29) is 5.54 Å². The summed E-state index contributed by atoms with van der Waals surface area (Å²) in [6.07, 6.45) is 0. The summed E-state index contributed by atoms with van der Waals surface area (Å²) in [5.41, 5.74) is 6.06. The van der Waals surface area contributed by atoms with Crippen LogP contribution in [0.1, 0.15) is 0 Å². The van der Waals surface area contributed by atoms with Crippen molar-refractivity contribution in [2.24, 2.45) is 11.7 Å². The van der Waals surface area contributed by atoms with Crippen LogP contribution < -0.4 is 5.73 Å². The summed E-state index contributed by atoms with van der Waals surface area (Å²) in [5.74, 6) is 0.574. The van der Waals surface area contributed by atoms with Crippen molar-refractivity contribution >= 4 is 22.9 Å². The van der Waals surface area contributed by atoms with Crippen molar-refractivity contribution in [3.63, 3.8) is 0 Å². The molecule has 2 aliphatic heterocycles. The normalized spacial score (nSPS) is 48.0. The molecule has 0 radical (unpaired) electrons. The first-order chi connectivity index (χ1) is 4.71. The van der Waals surface area contributed by atoms with Crippen LogP contribution in [0.4, 0.5) is 0 Å². The second-order valence-electron chi connectivity index (χ2n) is 3.25. The van der Waals surface area contributed by atoms with E-state index in [9.17, 15) is 0 Å². The first kappa shape index (κ1) is 7.27. The van der Waals surface area contributed by atoms with Gasteiger partial charge in [0.2, 0.25) is 0 Å². The van der Waals surface area contributed by atoms with Gasteiger partial charge in [-0.25, -0.2) is 3.11 Å². The molecule has 0 aromatic heterocycles. The van der Waals surface area contributed by atoms with Crippen molar-refractivity contribution in [2.75, 3.05) is 26.3 Å². The van der Waals surface area contributed by atoms with Crippen molar-refractivity contribution in [2.45, 2.75) is 5.54 Å². The second kappa shape index (κ2) is 2.30. The standard InChI is InChI=1S/C6H11IN2O/c7-9-1-5-2-10-4-6(5,8)3-9/h5H,1-4,8H2. The summed E-state index contributed by atoms with van der Waals surface area (Å²) in [4.78, 5) is 0. The second-order valence-corrected chi connectivity index (χ2v) is 4.61. The first-order valence-electron chi connectivity index (χ1n) is 3.48. The fourth-order valence-electron chi connectivity index (χ4n) is 1.71. The van der Waals surface area contributed by atoms with E-state index in [4.69, 9.17) is 10.5 Å². The Morgan fingerprint density at radius 2 is 2.50 bits per heavy atom. The van der Waals surface area contributed by atoms with Crippen molar-refractivity contribution in [1.82, 2.24) is 3.11 Å². The fraction of sp³-hybridized carbons (Fsp3) is 1.00. The highest BCUT2D eigenvalue weighted by Crippen LogP contribution is 2.32. The molecule has 2 unspecified atom stereocenters. The highest BCUT2D eigenvalue weighted by molar-refractivity contribution is 14.1.